The van der Waals surface area contributed by atoms with Gasteiger partial charge in [-0.3, -0.25) is 9.89 Å². The second-order valence-electron chi connectivity index (χ2n) is 2.91. The predicted molar refractivity (Wildman–Crippen MR) is 51.8 cm³/mol. The van der Waals surface area contributed by atoms with E-state index in [-0.39, 0.29) is 5.56 Å². The van der Waals surface area contributed by atoms with Crippen LogP contribution in [-0.2, 0) is 4.74 Å². The van der Waals surface area contributed by atoms with Gasteiger partial charge in [-0.25, -0.2) is 14.3 Å². The van der Waals surface area contributed by atoms with Crippen LogP contribution >= 0.6 is 0 Å². The van der Waals surface area contributed by atoms with Gasteiger partial charge in [0.2, 0.25) is 0 Å². The third-order valence-electron chi connectivity index (χ3n) is 1.85. The van der Waals surface area contributed by atoms with Crippen LogP contribution < -0.4 is 5.56 Å². The van der Waals surface area contributed by atoms with E-state index in [9.17, 15) is 9.59 Å². The summed E-state index contributed by atoms with van der Waals surface area (Å²) in [6.07, 6.45) is 2.85. The molecule has 0 fully saturated rings. The lowest BCUT2D eigenvalue weighted by Crippen LogP contribution is -2.07. The van der Waals surface area contributed by atoms with E-state index >= 15 is 0 Å². The summed E-state index contributed by atoms with van der Waals surface area (Å²) in [7, 11) is 0. The van der Waals surface area contributed by atoms with Gasteiger partial charge in [0.15, 0.2) is 5.65 Å². The fourth-order valence-electron chi connectivity index (χ4n) is 1.22. The van der Waals surface area contributed by atoms with Crippen molar-refractivity contribution in [2.24, 2.45) is 0 Å². The Balaban J connectivity index is 2.46. The first-order valence-electron chi connectivity index (χ1n) is 4.45. The Labute approximate surface area is 84.5 Å². The number of carbonyl (C=O) groups is 1. The van der Waals surface area contributed by atoms with E-state index < -0.39 is 5.97 Å². The van der Waals surface area contributed by atoms with E-state index in [2.05, 4.69) is 10.1 Å². The summed E-state index contributed by atoms with van der Waals surface area (Å²) in [5.41, 5.74) is 0.507. The Morgan fingerprint density at radius 2 is 2.47 bits per heavy atom. The van der Waals surface area contributed by atoms with Gasteiger partial charge in [0.1, 0.15) is 0 Å². The minimum atomic E-state index is -0.457. The summed E-state index contributed by atoms with van der Waals surface area (Å²) in [6, 6.07) is 1.34. The van der Waals surface area contributed by atoms with E-state index in [4.69, 9.17) is 4.74 Å². The number of aromatic amines is 1. The van der Waals surface area contributed by atoms with Crippen LogP contribution in [0, 0.1) is 0 Å². The maximum Gasteiger partial charge on any atom is 0.341 e. The van der Waals surface area contributed by atoms with Crippen LogP contribution in [0.5, 0.6) is 0 Å². The summed E-state index contributed by atoms with van der Waals surface area (Å²) in [5, 5.41) is 2.49. The van der Waals surface area contributed by atoms with Gasteiger partial charge in [-0.05, 0) is 6.92 Å². The molecule has 0 saturated heterocycles. The van der Waals surface area contributed by atoms with Crippen molar-refractivity contribution in [3.8, 4) is 0 Å². The van der Waals surface area contributed by atoms with Crippen LogP contribution in [-0.4, -0.2) is 27.2 Å². The minimum Gasteiger partial charge on any atom is -0.462 e. The average Bonchev–Trinajstić information content (AvgIpc) is 2.57. The van der Waals surface area contributed by atoms with Crippen molar-refractivity contribution in [2.75, 3.05) is 6.61 Å². The Bertz CT molecular complexity index is 555. The molecule has 0 aliphatic heterocycles. The first kappa shape index (κ1) is 9.45. The maximum absolute atomic E-state index is 11.3. The van der Waals surface area contributed by atoms with Crippen molar-refractivity contribution >= 4 is 11.6 Å². The zero-order valence-corrected chi connectivity index (χ0v) is 8.06. The number of nitrogens with one attached hydrogen (secondary N) is 1. The summed E-state index contributed by atoms with van der Waals surface area (Å²) in [4.78, 5) is 26.2. The van der Waals surface area contributed by atoms with Crippen LogP contribution in [0.15, 0.2) is 23.3 Å². The predicted octanol–water partition coefficient (Wildman–Crippen LogP) is 0.199. The van der Waals surface area contributed by atoms with Gasteiger partial charge in [0, 0.05) is 18.5 Å². The molecule has 0 saturated carbocycles. The lowest BCUT2D eigenvalue weighted by atomic mass is 10.3. The molecule has 0 bridgehead atoms. The zero-order valence-electron chi connectivity index (χ0n) is 8.06. The van der Waals surface area contributed by atoms with Crippen molar-refractivity contribution in [1.82, 2.24) is 14.6 Å². The lowest BCUT2D eigenvalue weighted by molar-refractivity contribution is 0.0525. The Hall–Kier alpha value is -2.11. The van der Waals surface area contributed by atoms with E-state index in [0.29, 0.717) is 17.8 Å². The number of fused-ring (bicyclic) bond motifs is 1. The third-order valence-corrected chi connectivity index (χ3v) is 1.85. The number of esters is 1. The molecule has 2 aromatic rings. The van der Waals surface area contributed by atoms with Crippen molar-refractivity contribution in [3.63, 3.8) is 0 Å². The number of hydrogen-bond donors (Lipinski definition) is 1. The zero-order chi connectivity index (χ0) is 10.8. The van der Waals surface area contributed by atoms with E-state index in [1.165, 1.54) is 23.0 Å². The molecule has 2 heterocycles. The fourth-order valence-corrected chi connectivity index (χ4v) is 1.22. The summed E-state index contributed by atoms with van der Waals surface area (Å²) < 4.78 is 6.18. The molecule has 6 heteroatoms. The minimum absolute atomic E-state index is 0.261. The standard InChI is InChI=1S/C9H9N3O3/c1-2-15-9(14)6-4-10-7-3-8(13)11-12(7)5-6/h3-5H,2H2,1H3,(H,11,13). The Kier molecular flexibility index (Phi) is 2.24. The van der Waals surface area contributed by atoms with Crippen LogP contribution in [0.1, 0.15) is 17.3 Å². The monoisotopic (exact) mass is 207 g/mol. The fraction of sp³-hybridized carbons (Fsp3) is 0.222. The number of ether oxygens (including phenoxy) is 1. The summed E-state index contributed by atoms with van der Waals surface area (Å²) in [5.74, 6) is -0.457. The van der Waals surface area contributed by atoms with Crippen LogP contribution in [0.3, 0.4) is 0 Å². The van der Waals surface area contributed by atoms with Gasteiger partial charge >= 0.3 is 5.97 Å². The summed E-state index contributed by atoms with van der Waals surface area (Å²) in [6.45, 7) is 2.03. The second kappa shape index (κ2) is 3.56. The molecule has 0 aliphatic rings. The quantitative estimate of drug-likeness (QED) is 0.713. The maximum atomic E-state index is 11.3. The Morgan fingerprint density at radius 3 is 3.20 bits per heavy atom. The molecule has 2 aromatic heterocycles. The molecule has 15 heavy (non-hydrogen) atoms. The molecule has 0 spiro atoms. The number of carbonyl (C=O) groups excluding carboxylic acids is 1. The molecule has 0 aliphatic carbocycles. The van der Waals surface area contributed by atoms with E-state index in [0.717, 1.165) is 0 Å². The van der Waals surface area contributed by atoms with Crippen LogP contribution in [0.25, 0.3) is 5.65 Å². The molecule has 1 N–H and O–H groups in total. The number of aromatic nitrogens is 3. The molecule has 2 rings (SSSR count). The number of hydrogen-bond acceptors (Lipinski definition) is 4. The normalized spacial score (nSPS) is 10.5. The highest BCUT2D eigenvalue weighted by molar-refractivity contribution is 5.88. The van der Waals surface area contributed by atoms with E-state index in [1.807, 2.05) is 0 Å². The molecule has 78 valence electrons. The second-order valence-corrected chi connectivity index (χ2v) is 2.91. The number of H-pyrrole nitrogens is 1. The van der Waals surface area contributed by atoms with E-state index in [1.54, 1.807) is 6.92 Å². The third kappa shape index (κ3) is 1.74. The van der Waals surface area contributed by atoms with Crippen molar-refractivity contribution < 1.29 is 9.53 Å². The number of rotatable bonds is 2. The van der Waals surface area contributed by atoms with Crippen LogP contribution in [0.4, 0.5) is 0 Å². The van der Waals surface area contributed by atoms with Crippen LogP contribution in [0.2, 0.25) is 0 Å². The highest BCUT2D eigenvalue weighted by Crippen LogP contribution is 2.01. The molecule has 0 aromatic carbocycles. The number of nitrogens with zero attached hydrogens (tertiary/aromatic N) is 2. The van der Waals surface area contributed by atoms with Gasteiger partial charge in [-0.2, -0.15) is 0 Å². The smallest absolute Gasteiger partial charge is 0.341 e. The molecular weight excluding hydrogens is 198 g/mol. The molecular formula is C9H9N3O3. The average molecular weight is 207 g/mol. The molecule has 0 amide bonds. The van der Waals surface area contributed by atoms with Crippen molar-refractivity contribution in [2.45, 2.75) is 6.92 Å². The molecule has 0 unspecified atom stereocenters. The first-order valence-corrected chi connectivity index (χ1v) is 4.45. The SMILES string of the molecule is CCOC(=O)c1cnc2cc(=O)[nH]n2c1. The lowest BCUT2D eigenvalue weighted by Gasteiger charge is -2.01. The molecule has 6 nitrogen and oxygen atoms in total. The Morgan fingerprint density at radius 1 is 1.67 bits per heavy atom. The van der Waals surface area contributed by atoms with Gasteiger partial charge in [0.25, 0.3) is 5.56 Å². The van der Waals surface area contributed by atoms with Crippen molar-refractivity contribution in [3.05, 3.63) is 34.4 Å². The largest absolute Gasteiger partial charge is 0.462 e. The topological polar surface area (TPSA) is 76.5 Å². The highest BCUT2D eigenvalue weighted by Gasteiger charge is 2.08. The van der Waals surface area contributed by atoms with Gasteiger partial charge in [-0.1, -0.05) is 0 Å². The first-order chi connectivity index (χ1) is 7.20. The van der Waals surface area contributed by atoms with Gasteiger partial charge in [0.05, 0.1) is 12.2 Å². The highest BCUT2D eigenvalue weighted by atomic mass is 16.5. The van der Waals surface area contributed by atoms with Crippen molar-refractivity contribution in [1.29, 1.82) is 0 Å². The van der Waals surface area contributed by atoms with Gasteiger partial charge < -0.3 is 4.74 Å². The van der Waals surface area contributed by atoms with Gasteiger partial charge in [-0.15, -0.1) is 0 Å². The summed E-state index contributed by atoms with van der Waals surface area (Å²) >= 11 is 0. The molecule has 0 atom stereocenters. The molecule has 0 radical (unpaired) electrons.